The Morgan fingerprint density at radius 2 is 1.92 bits per heavy atom. The summed E-state index contributed by atoms with van der Waals surface area (Å²) in [6.07, 6.45) is 1.99. The van der Waals surface area contributed by atoms with Gasteiger partial charge in [0.15, 0.2) is 0 Å². The highest BCUT2D eigenvalue weighted by Crippen LogP contribution is 2.46. The molecule has 1 atom stereocenters. The summed E-state index contributed by atoms with van der Waals surface area (Å²) in [5.74, 6) is 0.0343. The SMILES string of the molecule is CN(C)CCn1c(C(NC(=O)O)(c2ccc(Cl)cc2)C(C)(C)C)nc2cc(F)c(-c3cn[nH]c3)cc21. The number of aromatic amines is 1. The number of hydrogen-bond donors (Lipinski definition) is 3. The number of nitrogens with zero attached hydrogens (tertiary/aromatic N) is 4. The molecule has 0 fully saturated rings. The lowest BCUT2D eigenvalue weighted by molar-refractivity contribution is 0.135. The van der Waals surface area contributed by atoms with Crippen LogP contribution >= 0.6 is 11.6 Å². The maximum atomic E-state index is 15.2. The van der Waals surface area contributed by atoms with Gasteiger partial charge in [0, 0.05) is 41.5 Å². The van der Waals surface area contributed by atoms with Crippen molar-refractivity contribution in [3.05, 3.63) is 71.0 Å². The molecule has 4 rings (SSSR count). The van der Waals surface area contributed by atoms with Crippen LogP contribution in [0.4, 0.5) is 9.18 Å². The maximum Gasteiger partial charge on any atom is 0.405 e. The first-order chi connectivity index (χ1) is 16.9. The monoisotopic (exact) mass is 512 g/mol. The first kappa shape index (κ1) is 25.7. The quantitative estimate of drug-likeness (QED) is 0.310. The second kappa shape index (κ2) is 9.55. The minimum Gasteiger partial charge on any atom is -0.465 e. The van der Waals surface area contributed by atoms with Crippen LogP contribution in [0.3, 0.4) is 0 Å². The van der Waals surface area contributed by atoms with Crippen LogP contribution in [0.15, 0.2) is 48.8 Å². The summed E-state index contributed by atoms with van der Waals surface area (Å²) in [7, 11) is 3.92. The number of fused-ring (bicyclic) bond motifs is 1. The van der Waals surface area contributed by atoms with E-state index in [4.69, 9.17) is 16.6 Å². The summed E-state index contributed by atoms with van der Waals surface area (Å²) in [4.78, 5) is 19.2. The topological polar surface area (TPSA) is 99.1 Å². The Morgan fingerprint density at radius 3 is 2.47 bits per heavy atom. The van der Waals surface area contributed by atoms with E-state index in [1.807, 2.05) is 44.3 Å². The van der Waals surface area contributed by atoms with Crippen LogP contribution in [-0.4, -0.2) is 56.5 Å². The number of halogens is 2. The van der Waals surface area contributed by atoms with Gasteiger partial charge in [-0.2, -0.15) is 5.10 Å². The summed E-state index contributed by atoms with van der Waals surface area (Å²) < 4.78 is 17.2. The van der Waals surface area contributed by atoms with Gasteiger partial charge in [-0.05, 0) is 43.3 Å². The molecule has 0 saturated carbocycles. The normalized spacial score (nSPS) is 13.8. The van der Waals surface area contributed by atoms with Gasteiger partial charge in [0.1, 0.15) is 17.2 Å². The second-order valence-electron chi connectivity index (χ2n) is 10.1. The highest BCUT2D eigenvalue weighted by atomic mass is 35.5. The maximum absolute atomic E-state index is 15.2. The number of carbonyl (C=O) groups is 1. The fourth-order valence-electron chi connectivity index (χ4n) is 4.65. The standard InChI is InChI=1S/C26H30ClFN6O2/c1-25(2,3)26(32-24(35)36,17-6-8-18(27)9-7-17)23-31-21-13-20(28)19(16-14-29-30-15-16)12-22(21)34(23)11-10-33(4)5/h6-9,12-15,32H,10-11H2,1-5H3,(H,29,30)(H,35,36). The average Bonchev–Trinajstić information content (AvgIpc) is 3.43. The molecule has 0 aliphatic rings. The fourth-order valence-corrected chi connectivity index (χ4v) is 4.78. The van der Waals surface area contributed by atoms with E-state index in [0.717, 1.165) is 0 Å². The molecule has 0 aliphatic carbocycles. The number of likely N-dealkylation sites (N-methyl/N-ethyl adjacent to an activating group) is 1. The van der Waals surface area contributed by atoms with Crippen LogP contribution < -0.4 is 5.32 Å². The molecule has 8 nitrogen and oxygen atoms in total. The molecule has 0 bridgehead atoms. The van der Waals surface area contributed by atoms with Gasteiger partial charge < -0.3 is 19.9 Å². The lowest BCUT2D eigenvalue weighted by Crippen LogP contribution is -2.56. The van der Waals surface area contributed by atoms with E-state index < -0.39 is 22.9 Å². The Hall–Kier alpha value is -3.43. The number of benzene rings is 2. The van der Waals surface area contributed by atoms with E-state index in [9.17, 15) is 9.90 Å². The van der Waals surface area contributed by atoms with Crippen LogP contribution in [0.2, 0.25) is 5.02 Å². The van der Waals surface area contributed by atoms with Crippen molar-refractivity contribution in [3.63, 3.8) is 0 Å². The third kappa shape index (κ3) is 4.56. The molecule has 3 N–H and O–H groups in total. The van der Waals surface area contributed by atoms with Gasteiger partial charge >= 0.3 is 6.09 Å². The third-order valence-corrected chi connectivity index (χ3v) is 6.70. The lowest BCUT2D eigenvalue weighted by Gasteiger charge is -2.44. The van der Waals surface area contributed by atoms with Gasteiger partial charge in [-0.3, -0.25) is 5.10 Å². The van der Waals surface area contributed by atoms with Gasteiger partial charge in [0.2, 0.25) is 0 Å². The summed E-state index contributed by atoms with van der Waals surface area (Å²) in [6, 6.07) is 10.2. The van der Waals surface area contributed by atoms with Crippen LogP contribution in [0.5, 0.6) is 0 Å². The van der Waals surface area contributed by atoms with Crippen molar-refractivity contribution in [2.45, 2.75) is 32.9 Å². The van der Waals surface area contributed by atoms with Crippen molar-refractivity contribution in [2.75, 3.05) is 20.6 Å². The summed E-state index contributed by atoms with van der Waals surface area (Å²) in [5.41, 5.74) is 0.845. The predicted octanol–water partition coefficient (Wildman–Crippen LogP) is 5.34. The molecule has 0 radical (unpaired) electrons. The molecule has 0 spiro atoms. The van der Waals surface area contributed by atoms with Gasteiger partial charge in [-0.15, -0.1) is 0 Å². The van der Waals surface area contributed by atoms with Crippen LogP contribution in [0.1, 0.15) is 32.2 Å². The van der Waals surface area contributed by atoms with Gasteiger partial charge in [-0.25, -0.2) is 14.2 Å². The van der Waals surface area contributed by atoms with Crippen molar-refractivity contribution < 1.29 is 14.3 Å². The lowest BCUT2D eigenvalue weighted by atomic mass is 9.68. The summed E-state index contributed by atoms with van der Waals surface area (Å²) in [5, 5.41) is 20.0. The molecule has 2 aromatic heterocycles. The highest BCUT2D eigenvalue weighted by Gasteiger charge is 2.50. The molecule has 10 heteroatoms. The number of carboxylic acid groups (broad SMARTS) is 1. The molecule has 2 aromatic carbocycles. The molecular weight excluding hydrogens is 483 g/mol. The number of nitrogens with one attached hydrogen (secondary N) is 2. The number of H-pyrrole nitrogens is 1. The molecule has 2 heterocycles. The van der Waals surface area contributed by atoms with E-state index in [-0.39, 0.29) is 0 Å². The minimum atomic E-state index is -1.28. The molecule has 1 amide bonds. The van der Waals surface area contributed by atoms with Gasteiger partial charge in [-0.1, -0.05) is 44.5 Å². The number of amides is 1. The first-order valence-electron chi connectivity index (χ1n) is 11.6. The van der Waals surface area contributed by atoms with Crippen molar-refractivity contribution in [1.82, 2.24) is 30.0 Å². The predicted molar refractivity (Wildman–Crippen MR) is 139 cm³/mol. The molecule has 190 valence electrons. The van der Waals surface area contributed by atoms with Crippen LogP contribution in [-0.2, 0) is 12.1 Å². The fraction of sp³-hybridized carbons (Fsp3) is 0.346. The molecule has 36 heavy (non-hydrogen) atoms. The zero-order chi connectivity index (χ0) is 26.3. The van der Waals surface area contributed by atoms with E-state index in [0.29, 0.717) is 51.7 Å². The van der Waals surface area contributed by atoms with Gasteiger partial charge in [0.25, 0.3) is 0 Å². The van der Waals surface area contributed by atoms with Crippen molar-refractivity contribution in [1.29, 1.82) is 0 Å². The Kier molecular flexibility index (Phi) is 6.81. The molecule has 0 saturated heterocycles. The van der Waals surface area contributed by atoms with Gasteiger partial charge in [0.05, 0.1) is 17.2 Å². The number of rotatable bonds is 7. The first-order valence-corrected chi connectivity index (χ1v) is 11.9. The third-order valence-electron chi connectivity index (χ3n) is 6.45. The average molecular weight is 513 g/mol. The zero-order valence-electron chi connectivity index (χ0n) is 20.9. The molecular formula is C26H30ClFN6O2. The van der Waals surface area contributed by atoms with E-state index in [2.05, 4.69) is 15.5 Å². The second-order valence-corrected chi connectivity index (χ2v) is 10.6. The number of hydrogen-bond acceptors (Lipinski definition) is 4. The molecule has 1 unspecified atom stereocenters. The van der Waals surface area contributed by atoms with E-state index >= 15 is 4.39 Å². The Bertz CT molecular complexity index is 1380. The van der Waals surface area contributed by atoms with Crippen LogP contribution in [0.25, 0.3) is 22.2 Å². The zero-order valence-corrected chi connectivity index (χ0v) is 21.7. The Labute approximate surface area is 214 Å². The van der Waals surface area contributed by atoms with Crippen molar-refractivity contribution in [3.8, 4) is 11.1 Å². The summed E-state index contributed by atoms with van der Waals surface area (Å²) in [6.45, 7) is 7.01. The highest BCUT2D eigenvalue weighted by molar-refractivity contribution is 6.30. The van der Waals surface area contributed by atoms with Crippen LogP contribution in [0, 0.1) is 11.2 Å². The van der Waals surface area contributed by atoms with Crippen molar-refractivity contribution in [2.24, 2.45) is 5.41 Å². The Morgan fingerprint density at radius 1 is 1.22 bits per heavy atom. The smallest absolute Gasteiger partial charge is 0.405 e. The largest absolute Gasteiger partial charge is 0.465 e. The van der Waals surface area contributed by atoms with E-state index in [1.165, 1.54) is 6.07 Å². The molecule has 4 aromatic rings. The minimum absolute atomic E-state index is 0.382. The summed E-state index contributed by atoms with van der Waals surface area (Å²) >= 11 is 6.18. The van der Waals surface area contributed by atoms with E-state index in [1.54, 1.807) is 42.7 Å². The molecule has 0 aliphatic heterocycles. The van der Waals surface area contributed by atoms with Crippen molar-refractivity contribution >= 4 is 28.7 Å². The Balaban J connectivity index is 2.09. The number of imidazole rings is 1. The number of aromatic nitrogens is 4.